The van der Waals surface area contributed by atoms with Gasteiger partial charge in [0.25, 0.3) is 5.91 Å². The zero-order valence-corrected chi connectivity index (χ0v) is 12.7. The van der Waals surface area contributed by atoms with E-state index in [0.29, 0.717) is 37.3 Å². The van der Waals surface area contributed by atoms with Crippen LogP contribution < -0.4 is 4.31 Å². The summed E-state index contributed by atoms with van der Waals surface area (Å²) in [5.74, 6) is 0.179. The first-order chi connectivity index (χ1) is 9.49. The first-order valence-electron chi connectivity index (χ1n) is 6.89. The topological polar surface area (TPSA) is 57.7 Å². The van der Waals surface area contributed by atoms with E-state index in [9.17, 15) is 13.2 Å². The van der Waals surface area contributed by atoms with Crippen molar-refractivity contribution in [2.75, 3.05) is 29.7 Å². The van der Waals surface area contributed by atoms with Crippen LogP contribution in [0.15, 0.2) is 24.3 Å². The van der Waals surface area contributed by atoms with Gasteiger partial charge >= 0.3 is 0 Å². The van der Waals surface area contributed by atoms with Crippen LogP contribution in [0.25, 0.3) is 0 Å². The number of carbonyl (C=O) groups excluding carboxylic acids is 1. The molecule has 1 aliphatic heterocycles. The lowest BCUT2D eigenvalue weighted by Crippen LogP contribution is -2.30. The fraction of sp³-hybridized carbons (Fsp3) is 0.500. The average molecular weight is 296 g/mol. The molecule has 0 aliphatic carbocycles. The average Bonchev–Trinajstić information content (AvgIpc) is 2.80. The van der Waals surface area contributed by atoms with Crippen LogP contribution in [0.1, 0.15) is 30.6 Å². The Hall–Kier alpha value is -1.56. The van der Waals surface area contributed by atoms with Gasteiger partial charge in [-0.25, -0.2) is 8.42 Å². The summed E-state index contributed by atoms with van der Waals surface area (Å²) in [6.45, 7) is 5.72. The molecule has 1 heterocycles. The molecule has 1 aliphatic rings. The zero-order chi connectivity index (χ0) is 14.8. The largest absolute Gasteiger partial charge is 0.339 e. The molecule has 110 valence electrons. The summed E-state index contributed by atoms with van der Waals surface area (Å²) in [6.07, 6.45) is 0.655. The van der Waals surface area contributed by atoms with Gasteiger partial charge in [-0.3, -0.25) is 9.10 Å². The molecular weight excluding hydrogens is 276 g/mol. The van der Waals surface area contributed by atoms with E-state index < -0.39 is 10.0 Å². The van der Waals surface area contributed by atoms with Crippen molar-refractivity contribution in [3.63, 3.8) is 0 Å². The van der Waals surface area contributed by atoms with Crippen LogP contribution in [0.2, 0.25) is 0 Å². The third-order valence-corrected chi connectivity index (χ3v) is 5.42. The predicted octanol–water partition coefficient (Wildman–Crippen LogP) is 1.71. The van der Waals surface area contributed by atoms with Crippen molar-refractivity contribution in [1.29, 1.82) is 0 Å². The number of amides is 1. The molecule has 0 spiro atoms. The number of carbonyl (C=O) groups is 1. The monoisotopic (exact) mass is 296 g/mol. The maximum Gasteiger partial charge on any atom is 0.253 e. The van der Waals surface area contributed by atoms with Gasteiger partial charge in [0.1, 0.15) is 0 Å². The second-order valence-electron chi connectivity index (χ2n) is 4.77. The molecule has 20 heavy (non-hydrogen) atoms. The van der Waals surface area contributed by atoms with Crippen LogP contribution in [-0.2, 0) is 10.0 Å². The van der Waals surface area contributed by atoms with Gasteiger partial charge in [0.2, 0.25) is 10.0 Å². The standard InChI is InChI=1S/C14H20N2O3S/c1-3-15(4-2)14(17)12-6-8-13(9-7-12)16-10-5-11-20(16,18)19/h6-9H,3-5,10-11H2,1-2H3. The van der Waals surface area contributed by atoms with Crippen molar-refractivity contribution in [3.05, 3.63) is 29.8 Å². The smallest absolute Gasteiger partial charge is 0.253 e. The molecule has 0 bridgehead atoms. The predicted molar refractivity (Wildman–Crippen MR) is 79.4 cm³/mol. The molecule has 1 aromatic carbocycles. The molecule has 1 amide bonds. The number of hydrogen-bond acceptors (Lipinski definition) is 3. The van der Waals surface area contributed by atoms with Gasteiger partial charge in [-0.05, 0) is 44.5 Å². The highest BCUT2D eigenvalue weighted by molar-refractivity contribution is 7.93. The molecule has 0 aromatic heterocycles. The van der Waals surface area contributed by atoms with Crippen LogP contribution in [0.5, 0.6) is 0 Å². The minimum absolute atomic E-state index is 0.0224. The normalized spacial score (nSPS) is 17.2. The first kappa shape index (κ1) is 14.8. The molecule has 1 saturated heterocycles. The van der Waals surface area contributed by atoms with Gasteiger partial charge in [0, 0.05) is 25.2 Å². The molecule has 0 atom stereocenters. The Morgan fingerprint density at radius 1 is 1.20 bits per heavy atom. The maximum atomic E-state index is 12.2. The van der Waals surface area contributed by atoms with E-state index in [0.717, 1.165) is 0 Å². The van der Waals surface area contributed by atoms with E-state index in [4.69, 9.17) is 0 Å². The van der Waals surface area contributed by atoms with E-state index in [1.807, 2.05) is 13.8 Å². The summed E-state index contributed by atoms with van der Waals surface area (Å²) in [4.78, 5) is 13.9. The summed E-state index contributed by atoms with van der Waals surface area (Å²) in [7, 11) is -3.16. The molecule has 6 heteroatoms. The van der Waals surface area contributed by atoms with E-state index in [1.54, 1.807) is 29.2 Å². The Morgan fingerprint density at radius 3 is 2.25 bits per heavy atom. The highest BCUT2D eigenvalue weighted by Crippen LogP contribution is 2.24. The maximum absolute atomic E-state index is 12.2. The molecule has 0 N–H and O–H groups in total. The highest BCUT2D eigenvalue weighted by atomic mass is 32.2. The van der Waals surface area contributed by atoms with Crippen molar-refractivity contribution in [1.82, 2.24) is 4.90 Å². The van der Waals surface area contributed by atoms with Crippen molar-refractivity contribution in [2.45, 2.75) is 20.3 Å². The Balaban J connectivity index is 2.21. The molecular formula is C14H20N2O3S. The van der Waals surface area contributed by atoms with Gasteiger partial charge in [-0.2, -0.15) is 0 Å². The SMILES string of the molecule is CCN(CC)C(=O)c1ccc(N2CCCS2(=O)=O)cc1. The second-order valence-corrected chi connectivity index (χ2v) is 6.78. The third-order valence-electron chi connectivity index (χ3n) is 3.55. The minimum Gasteiger partial charge on any atom is -0.339 e. The Morgan fingerprint density at radius 2 is 1.80 bits per heavy atom. The molecule has 0 radical (unpaired) electrons. The van der Waals surface area contributed by atoms with Crippen LogP contribution in [0.3, 0.4) is 0 Å². The summed E-state index contributed by atoms with van der Waals surface area (Å²) in [6, 6.07) is 6.81. The quantitative estimate of drug-likeness (QED) is 0.850. The fourth-order valence-corrected chi connectivity index (χ4v) is 3.96. The van der Waals surface area contributed by atoms with Gasteiger partial charge < -0.3 is 4.90 Å². The number of rotatable bonds is 4. The third kappa shape index (κ3) is 2.80. The van der Waals surface area contributed by atoms with Crippen LogP contribution in [0, 0.1) is 0 Å². The van der Waals surface area contributed by atoms with Crippen LogP contribution >= 0.6 is 0 Å². The molecule has 1 aromatic rings. The molecule has 5 nitrogen and oxygen atoms in total. The van der Waals surface area contributed by atoms with E-state index in [2.05, 4.69) is 0 Å². The number of benzene rings is 1. The summed E-state index contributed by atoms with van der Waals surface area (Å²) >= 11 is 0. The van der Waals surface area contributed by atoms with Crippen molar-refractivity contribution in [2.24, 2.45) is 0 Å². The van der Waals surface area contributed by atoms with Crippen molar-refractivity contribution >= 4 is 21.6 Å². The zero-order valence-electron chi connectivity index (χ0n) is 11.9. The summed E-state index contributed by atoms with van der Waals surface area (Å²) < 4.78 is 25.1. The first-order valence-corrected chi connectivity index (χ1v) is 8.50. The molecule has 2 rings (SSSR count). The summed E-state index contributed by atoms with van der Waals surface area (Å²) in [5.41, 5.74) is 1.23. The van der Waals surface area contributed by atoms with Crippen LogP contribution in [0.4, 0.5) is 5.69 Å². The lowest BCUT2D eigenvalue weighted by atomic mass is 10.1. The van der Waals surface area contributed by atoms with Crippen molar-refractivity contribution < 1.29 is 13.2 Å². The Labute approximate surface area is 120 Å². The molecule has 0 saturated carbocycles. The van der Waals surface area contributed by atoms with Gasteiger partial charge in [-0.15, -0.1) is 0 Å². The Kier molecular flexibility index (Phi) is 4.32. The highest BCUT2D eigenvalue weighted by Gasteiger charge is 2.28. The number of anilines is 1. The minimum atomic E-state index is -3.16. The second kappa shape index (κ2) is 5.83. The van der Waals surface area contributed by atoms with E-state index in [1.165, 1.54) is 4.31 Å². The van der Waals surface area contributed by atoms with Gasteiger partial charge in [0.15, 0.2) is 0 Å². The van der Waals surface area contributed by atoms with Gasteiger partial charge in [0.05, 0.1) is 11.4 Å². The molecule has 1 fully saturated rings. The number of sulfonamides is 1. The summed E-state index contributed by atoms with van der Waals surface area (Å²) in [5, 5.41) is 0. The van der Waals surface area contributed by atoms with Crippen molar-refractivity contribution in [3.8, 4) is 0 Å². The van der Waals surface area contributed by atoms with E-state index in [-0.39, 0.29) is 11.7 Å². The van der Waals surface area contributed by atoms with Crippen LogP contribution in [-0.4, -0.2) is 44.6 Å². The lowest BCUT2D eigenvalue weighted by Gasteiger charge is -2.20. The molecule has 0 unspecified atom stereocenters. The van der Waals surface area contributed by atoms with E-state index >= 15 is 0 Å². The fourth-order valence-electron chi connectivity index (χ4n) is 2.39. The number of nitrogens with zero attached hydrogens (tertiary/aromatic N) is 2. The number of hydrogen-bond donors (Lipinski definition) is 0. The Bertz CT molecular complexity index is 577. The lowest BCUT2D eigenvalue weighted by molar-refractivity contribution is 0.0773. The van der Waals surface area contributed by atoms with Gasteiger partial charge in [-0.1, -0.05) is 0 Å².